The molecule has 0 fully saturated rings. The van der Waals surface area contributed by atoms with Gasteiger partial charge >= 0.3 is 0 Å². The van der Waals surface area contributed by atoms with Crippen molar-refractivity contribution in [3.63, 3.8) is 0 Å². The molecule has 0 amide bonds. The van der Waals surface area contributed by atoms with Gasteiger partial charge in [-0.2, -0.15) is 12.6 Å². The van der Waals surface area contributed by atoms with Crippen LogP contribution in [0.5, 0.6) is 0 Å². The molecule has 3 nitrogen and oxygen atoms in total. The van der Waals surface area contributed by atoms with Gasteiger partial charge in [0.25, 0.3) is 0 Å². The van der Waals surface area contributed by atoms with Crippen LogP contribution < -0.4 is 5.84 Å². The van der Waals surface area contributed by atoms with Crippen molar-refractivity contribution in [1.29, 1.82) is 0 Å². The van der Waals surface area contributed by atoms with E-state index in [0.717, 1.165) is 0 Å². The SMILES string of the molecule is CC(=O)C(CS)[N-]N. The zero-order chi connectivity index (χ0) is 6.57. The van der Waals surface area contributed by atoms with Crippen LogP contribution in [0.2, 0.25) is 0 Å². The highest BCUT2D eigenvalue weighted by Gasteiger charge is 1.97. The largest absolute Gasteiger partial charge is 0.591 e. The number of carbonyl (C=O) groups excluding carboxylic acids is 1. The number of carbonyl (C=O) groups is 1. The van der Waals surface area contributed by atoms with Crippen LogP contribution in [0.1, 0.15) is 6.92 Å². The van der Waals surface area contributed by atoms with E-state index in [9.17, 15) is 4.79 Å². The van der Waals surface area contributed by atoms with E-state index in [4.69, 9.17) is 5.84 Å². The lowest BCUT2D eigenvalue weighted by atomic mass is 10.2. The van der Waals surface area contributed by atoms with Gasteiger partial charge in [-0.15, -0.1) is 0 Å². The topological polar surface area (TPSA) is 57.2 Å². The van der Waals surface area contributed by atoms with Crippen molar-refractivity contribution in [2.45, 2.75) is 13.0 Å². The molecule has 0 aromatic carbocycles. The summed E-state index contributed by atoms with van der Waals surface area (Å²) in [6.45, 7) is 1.44. The summed E-state index contributed by atoms with van der Waals surface area (Å²) in [5.41, 5.74) is 3.28. The summed E-state index contributed by atoms with van der Waals surface area (Å²) in [6, 6.07) is -0.418. The Labute approximate surface area is 54.0 Å². The summed E-state index contributed by atoms with van der Waals surface area (Å²) in [6.07, 6.45) is 0. The van der Waals surface area contributed by atoms with Gasteiger partial charge in [0.2, 0.25) is 0 Å². The third-order valence-electron chi connectivity index (χ3n) is 0.822. The Kier molecular flexibility index (Phi) is 3.85. The zero-order valence-corrected chi connectivity index (χ0v) is 5.56. The van der Waals surface area contributed by atoms with Crippen LogP contribution in [0.15, 0.2) is 0 Å². The molecule has 1 unspecified atom stereocenters. The summed E-state index contributed by atoms with van der Waals surface area (Å²) in [7, 11) is 0. The third-order valence-corrected chi connectivity index (χ3v) is 1.17. The molecule has 0 aromatic heterocycles. The number of hydrogen-bond acceptors (Lipinski definition) is 3. The van der Waals surface area contributed by atoms with Crippen LogP contribution in [0.3, 0.4) is 0 Å². The predicted octanol–water partition coefficient (Wildman–Crippen LogP) is 0.121. The molecule has 0 rings (SSSR count). The van der Waals surface area contributed by atoms with Crippen LogP contribution >= 0.6 is 12.6 Å². The number of nitrogens with two attached hydrogens (primary N) is 1. The van der Waals surface area contributed by atoms with Gasteiger partial charge in [0.05, 0.1) is 0 Å². The number of nitrogens with zero attached hydrogens (tertiary/aromatic N) is 1. The second-order valence-corrected chi connectivity index (χ2v) is 1.82. The van der Waals surface area contributed by atoms with Gasteiger partial charge in [-0.1, -0.05) is 6.04 Å². The second kappa shape index (κ2) is 3.88. The molecule has 4 heteroatoms. The highest BCUT2D eigenvalue weighted by atomic mass is 32.1. The Morgan fingerprint density at radius 1 is 2.00 bits per heavy atom. The standard InChI is InChI=1S/C4H9N2OS/c1-3(7)4(2-8)6-5/h4,8H,2,5H2,1H3/q-1. The Bertz CT molecular complexity index is 82.1. The van der Waals surface area contributed by atoms with Crippen molar-refractivity contribution < 1.29 is 4.79 Å². The molecule has 0 heterocycles. The van der Waals surface area contributed by atoms with Crippen LogP contribution in [-0.2, 0) is 4.79 Å². The molecule has 0 saturated carbocycles. The van der Waals surface area contributed by atoms with Crippen molar-refractivity contribution in [3.8, 4) is 0 Å². The fourth-order valence-corrected chi connectivity index (χ4v) is 0.632. The summed E-state index contributed by atoms with van der Waals surface area (Å²) in [4.78, 5) is 10.4. The van der Waals surface area contributed by atoms with Crippen molar-refractivity contribution in [3.05, 3.63) is 5.43 Å². The maximum absolute atomic E-state index is 10.4. The second-order valence-electron chi connectivity index (χ2n) is 1.46. The number of rotatable bonds is 3. The normalized spacial score (nSPS) is 13.4. The Hall–Kier alpha value is -0.0600. The van der Waals surface area contributed by atoms with Crippen LogP contribution in [0.4, 0.5) is 0 Å². The monoisotopic (exact) mass is 133 g/mol. The Morgan fingerprint density at radius 3 is 2.50 bits per heavy atom. The summed E-state index contributed by atoms with van der Waals surface area (Å²) in [5.74, 6) is 5.19. The summed E-state index contributed by atoms with van der Waals surface area (Å²) >= 11 is 3.84. The third kappa shape index (κ3) is 2.30. The van der Waals surface area contributed by atoms with Gasteiger partial charge < -0.3 is 16.1 Å². The van der Waals surface area contributed by atoms with Crippen LogP contribution in [0.25, 0.3) is 5.43 Å². The summed E-state index contributed by atoms with van der Waals surface area (Å²) in [5, 5.41) is 0. The first kappa shape index (κ1) is 7.94. The molecule has 0 aliphatic carbocycles. The predicted molar refractivity (Wildman–Crippen MR) is 35.9 cm³/mol. The number of Topliss-reactive ketones (excluding diaryl/α,β-unsaturated/α-hetero) is 1. The van der Waals surface area contributed by atoms with Crippen molar-refractivity contribution in [2.75, 3.05) is 5.75 Å². The highest BCUT2D eigenvalue weighted by Crippen LogP contribution is 1.96. The van der Waals surface area contributed by atoms with Crippen LogP contribution in [-0.4, -0.2) is 17.6 Å². The number of thiol groups is 1. The lowest BCUT2D eigenvalue weighted by Crippen LogP contribution is -2.21. The minimum absolute atomic E-state index is 0.0394. The van der Waals surface area contributed by atoms with Crippen molar-refractivity contribution in [2.24, 2.45) is 5.84 Å². The average molecular weight is 133 g/mol. The van der Waals surface area contributed by atoms with Gasteiger partial charge in [-0.05, 0) is 12.7 Å². The van der Waals surface area contributed by atoms with Gasteiger partial charge in [0.15, 0.2) is 0 Å². The molecule has 0 bridgehead atoms. The maximum Gasteiger partial charge on any atom is 0.114 e. The van der Waals surface area contributed by atoms with Crippen molar-refractivity contribution >= 4 is 18.4 Å². The van der Waals surface area contributed by atoms with E-state index in [1.807, 2.05) is 0 Å². The van der Waals surface area contributed by atoms with Crippen molar-refractivity contribution in [1.82, 2.24) is 0 Å². The molecule has 48 valence electrons. The van der Waals surface area contributed by atoms with Gasteiger partial charge in [-0.25, -0.2) is 0 Å². The Morgan fingerprint density at radius 2 is 2.50 bits per heavy atom. The molecule has 0 aromatic rings. The van der Waals surface area contributed by atoms with E-state index in [0.29, 0.717) is 5.75 Å². The van der Waals surface area contributed by atoms with Gasteiger partial charge in [-0.3, -0.25) is 0 Å². The van der Waals surface area contributed by atoms with E-state index in [1.54, 1.807) is 0 Å². The summed E-state index contributed by atoms with van der Waals surface area (Å²) < 4.78 is 0. The molecular weight excluding hydrogens is 124 g/mol. The maximum atomic E-state index is 10.4. The molecule has 1 atom stereocenters. The average Bonchev–Trinajstić information content (AvgIpc) is 1.69. The minimum Gasteiger partial charge on any atom is -0.591 e. The first-order valence-electron chi connectivity index (χ1n) is 2.23. The first-order valence-corrected chi connectivity index (χ1v) is 2.87. The molecule has 2 N–H and O–H groups in total. The van der Waals surface area contributed by atoms with E-state index in [1.165, 1.54) is 6.92 Å². The minimum atomic E-state index is -0.418. The zero-order valence-electron chi connectivity index (χ0n) is 4.66. The molecule has 0 radical (unpaired) electrons. The molecular formula is C4H9N2OS-. The highest BCUT2D eigenvalue weighted by molar-refractivity contribution is 7.80. The van der Waals surface area contributed by atoms with Gasteiger partial charge in [0.1, 0.15) is 5.78 Å². The van der Waals surface area contributed by atoms with E-state index in [2.05, 4.69) is 18.1 Å². The van der Waals surface area contributed by atoms with E-state index in [-0.39, 0.29) is 5.78 Å². The first-order chi connectivity index (χ1) is 3.72. The molecule has 0 spiro atoms. The van der Waals surface area contributed by atoms with Crippen LogP contribution in [0, 0.1) is 0 Å². The fraction of sp³-hybridized carbons (Fsp3) is 0.750. The lowest BCUT2D eigenvalue weighted by Gasteiger charge is -2.21. The fourth-order valence-electron chi connectivity index (χ4n) is 0.281. The number of ketones is 1. The lowest BCUT2D eigenvalue weighted by molar-refractivity contribution is -0.117. The Balaban J connectivity index is 3.52. The molecule has 0 aliphatic heterocycles. The molecule has 8 heavy (non-hydrogen) atoms. The molecule has 0 aliphatic rings. The quantitative estimate of drug-likeness (QED) is 0.326. The van der Waals surface area contributed by atoms with E-state index < -0.39 is 6.04 Å². The van der Waals surface area contributed by atoms with E-state index >= 15 is 0 Å². The van der Waals surface area contributed by atoms with Gasteiger partial charge in [0, 0.05) is 0 Å². The smallest absolute Gasteiger partial charge is 0.114 e. The number of hydrogen-bond donors (Lipinski definition) is 2. The molecule has 0 saturated heterocycles.